The van der Waals surface area contributed by atoms with Crippen LogP contribution in [0.1, 0.15) is 24.1 Å². The molecule has 2 aromatic rings. The molecular weight excluding hydrogens is 348 g/mol. The average molecular weight is 364 g/mol. The molecule has 0 bridgehead atoms. The number of nitriles is 1. The minimum Gasteiger partial charge on any atom is -0.442 e. The van der Waals surface area contributed by atoms with Crippen LogP contribution in [0.4, 0.5) is 10.5 Å². The predicted octanol–water partition coefficient (Wildman–Crippen LogP) is 2.67. The number of amides is 1. The van der Waals surface area contributed by atoms with Gasteiger partial charge in [-0.05, 0) is 36.1 Å². The summed E-state index contributed by atoms with van der Waals surface area (Å²) in [5, 5.41) is 20.6. The lowest BCUT2D eigenvalue weighted by atomic mass is 9.97. The molecule has 2 aliphatic rings. The van der Waals surface area contributed by atoms with Crippen molar-refractivity contribution in [2.24, 2.45) is 5.11 Å². The highest BCUT2D eigenvalue weighted by molar-refractivity contribution is 5.89. The summed E-state index contributed by atoms with van der Waals surface area (Å²) in [6.07, 6.45) is 2.66. The van der Waals surface area contributed by atoms with E-state index in [2.05, 4.69) is 26.4 Å². The number of cyclic esters (lactones) is 1. The second kappa shape index (κ2) is 6.63. The van der Waals surface area contributed by atoms with Crippen LogP contribution in [0.2, 0.25) is 0 Å². The van der Waals surface area contributed by atoms with Crippen LogP contribution in [0.25, 0.3) is 10.4 Å². The van der Waals surface area contributed by atoms with Crippen molar-refractivity contribution in [2.75, 3.05) is 11.4 Å². The number of nitrogens with zero attached hydrogens (tertiary/aromatic N) is 8. The molecule has 2 fully saturated rings. The molecule has 1 saturated heterocycles. The number of hydrogen-bond acceptors (Lipinski definition) is 6. The van der Waals surface area contributed by atoms with E-state index < -0.39 is 6.09 Å². The van der Waals surface area contributed by atoms with Crippen LogP contribution in [0, 0.1) is 11.3 Å². The molecule has 4 rings (SSSR count). The number of rotatable bonds is 6. The third kappa shape index (κ3) is 3.28. The summed E-state index contributed by atoms with van der Waals surface area (Å²) >= 11 is 0. The van der Waals surface area contributed by atoms with Crippen molar-refractivity contribution in [2.45, 2.75) is 37.5 Å². The van der Waals surface area contributed by atoms with E-state index in [1.54, 1.807) is 15.8 Å². The van der Waals surface area contributed by atoms with Crippen LogP contribution < -0.4 is 4.90 Å². The van der Waals surface area contributed by atoms with Gasteiger partial charge in [0.25, 0.3) is 0 Å². The Bertz CT molecular complexity index is 950. The van der Waals surface area contributed by atoms with Gasteiger partial charge in [-0.1, -0.05) is 22.5 Å². The second-order valence-electron chi connectivity index (χ2n) is 6.68. The van der Waals surface area contributed by atoms with Crippen LogP contribution in [0.3, 0.4) is 0 Å². The number of benzene rings is 1. The van der Waals surface area contributed by atoms with Crippen LogP contribution in [0.15, 0.2) is 35.6 Å². The van der Waals surface area contributed by atoms with Crippen molar-refractivity contribution >= 4 is 11.8 Å². The van der Waals surface area contributed by atoms with E-state index in [0.717, 1.165) is 24.1 Å². The fourth-order valence-corrected chi connectivity index (χ4v) is 3.19. The second-order valence-corrected chi connectivity index (χ2v) is 6.68. The minimum absolute atomic E-state index is 0.129. The Hall–Kier alpha value is -3.57. The van der Waals surface area contributed by atoms with Crippen LogP contribution >= 0.6 is 0 Å². The zero-order valence-corrected chi connectivity index (χ0v) is 14.4. The Labute approximate surface area is 154 Å². The molecule has 0 N–H and O–H groups in total. The first-order chi connectivity index (χ1) is 13.1. The standard InChI is InChI=1S/C17H16N8O2/c18-11-17(5-6-17)12-1-3-14(4-2-12)25-10-15(27-16(25)26)9-24-8-13(21-23-24)7-20-22-19/h1-4,8,15H,5-7,9-10H2/t15-/m0/s1. The minimum atomic E-state index is -0.413. The topological polar surface area (TPSA) is 133 Å². The average Bonchev–Trinajstić information content (AvgIpc) is 3.23. The van der Waals surface area contributed by atoms with Crippen molar-refractivity contribution in [1.29, 1.82) is 5.26 Å². The lowest BCUT2D eigenvalue weighted by Crippen LogP contribution is -2.26. The zero-order chi connectivity index (χ0) is 18.9. The number of carbonyl (C=O) groups is 1. The molecule has 0 unspecified atom stereocenters. The van der Waals surface area contributed by atoms with E-state index in [1.165, 1.54) is 0 Å². The largest absolute Gasteiger partial charge is 0.442 e. The van der Waals surface area contributed by atoms with Gasteiger partial charge in [0.05, 0.1) is 36.8 Å². The number of carbonyl (C=O) groups excluding carboxylic acids is 1. The highest BCUT2D eigenvalue weighted by Crippen LogP contribution is 2.47. The maximum Gasteiger partial charge on any atom is 0.414 e. The number of ether oxygens (including phenoxy) is 1. The van der Waals surface area contributed by atoms with Gasteiger partial charge in [0, 0.05) is 16.8 Å². The summed E-state index contributed by atoms with van der Waals surface area (Å²) in [6.45, 7) is 0.887. The molecule has 1 atom stereocenters. The van der Waals surface area contributed by atoms with Crippen molar-refractivity contribution in [3.05, 3.63) is 52.2 Å². The Balaban J connectivity index is 1.41. The first-order valence-electron chi connectivity index (χ1n) is 8.53. The predicted molar refractivity (Wildman–Crippen MR) is 93.5 cm³/mol. The highest BCUT2D eigenvalue weighted by Gasteiger charge is 2.45. The van der Waals surface area contributed by atoms with Gasteiger partial charge in [0.1, 0.15) is 6.10 Å². The monoisotopic (exact) mass is 364 g/mol. The number of hydrogen-bond donors (Lipinski definition) is 0. The van der Waals surface area contributed by atoms with Crippen molar-refractivity contribution in [1.82, 2.24) is 15.0 Å². The summed E-state index contributed by atoms with van der Waals surface area (Å²) in [5.41, 5.74) is 10.3. The van der Waals surface area contributed by atoms with E-state index in [4.69, 9.17) is 10.3 Å². The van der Waals surface area contributed by atoms with Crippen molar-refractivity contribution in [3.63, 3.8) is 0 Å². The Morgan fingerprint density at radius 2 is 2.19 bits per heavy atom. The maximum absolute atomic E-state index is 12.2. The Morgan fingerprint density at radius 3 is 2.85 bits per heavy atom. The molecule has 136 valence electrons. The smallest absolute Gasteiger partial charge is 0.414 e. The third-order valence-corrected chi connectivity index (χ3v) is 4.84. The SMILES string of the molecule is N#CC1(c2ccc(N3C[C@H](Cn4cc(CN=[N+]=[N-])nn4)OC3=O)cc2)CC1. The number of anilines is 1. The van der Waals surface area contributed by atoms with Gasteiger partial charge in [-0.15, -0.1) is 5.10 Å². The number of aromatic nitrogens is 3. The maximum atomic E-state index is 12.2. The molecule has 1 saturated carbocycles. The van der Waals surface area contributed by atoms with E-state index in [9.17, 15) is 10.1 Å². The van der Waals surface area contributed by atoms with Gasteiger partial charge in [-0.3, -0.25) is 4.90 Å². The fraction of sp³-hybridized carbons (Fsp3) is 0.412. The fourth-order valence-electron chi connectivity index (χ4n) is 3.19. The van der Waals surface area contributed by atoms with Gasteiger partial charge >= 0.3 is 6.09 Å². The summed E-state index contributed by atoms with van der Waals surface area (Å²) in [5.74, 6) is 0. The lowest BCUT2D eigenvalue weighted by molar-refractivity contribution is 0.129. The van der Waals surface area contributed by atoms with Gasteiger partial charge < -0.3 is 4.74 Å². The molecule has 10 nitrogen and oxygen atoms in total. The molecule has 27 heavy (non-hydrogen) atoms. The van der Waals surface area contributed by atoms with Crippen LogP contribution in [0.5, 0.6) is 0 Å². The van der Waals surface area contributed by atoms with Crippen molar-refractivity contribution in [3.8, 4) is 6.07 Å². The highest BCUT2D eigenvalue weighted by atomic mass is 16.6. The third-order valence-electron chi connectivity index (χ3n) is 4.84. The quantitative estimate of drug-likeness (QED) is 0.441. The summed E-state index contributed by atoms with van der Waals surface area (Å²) in [7, 11) is 0. The van der Waals surface area contributed by atoms with Gasteiger partial charge in [0.15, 0.2) is 0 Å². The first kappa shape index (κ1) is 16.9. The van der Waals surface area contributed by atoms with E-state index >= 15 is 0 Å². The molecular formula is C17H16N8O2. The molecule has 1 aromatic heterocycles. The molecule has 1 aliphatic carbocycles. The number of azide groups is 1. The Kier molecular flexibility index (Phi) is 4.14. The molecule has 1 amide bonds. The van der Waals surface area contributed by atoms with E-state index in [0.29, 0.717) is 18.8 Å². The van der Waals surface area contributed by atoms with E-state index in [1.807, 2.05) is 24.3 Å². The van der Waals surface area contributed by atoms with E-state index in [-0.39, 0.29) is 18.1 Å². The van der Waals surface area contributed by atoms with Gasteiger partial charge in [-0.25, -0.2) is 9.48 Å². The molecule has 1 aromatic carbocycles. The molecule has 1 aliphatic heterocycles. The van der Waals surface area contributed by atoms with Gasteiger partial charge in [-0.2, -0.15) is 5.26 Å². The molecule has 0 spiro atoms. The van der Waals surface area contributed by atoms with Crippen molar-refractivity contribution < 1.29 is 9.53 Å². The summed E-state index contributed by atoms with van der Waals surface area (Å²) < 4.78 is 6.98. The first-order valence-corrected chi connectivity index (χ1v) is 8.53. The molecule has 2 heterocycles. The summed E-state index contributed by atoms with van der Waals surface area (Å²) in [4.78, 5) is 16.5. The van der Waals surface area contributed by atoms with Crippen LogP contribution in [-0.2, 0) is 23.2 Å². The zero-order valence-electron chi connectivity index (χ0n) is 14.4. The van der Waals surface area contributed by atoms with Gasteiger partial charge in [0.2, 0.25) is 0 Å². The molecule has 10 heteroatoms. The Morgan fingerprint density at radius 1 is 1.41 bits per heavy atom. The normalized spacial score (nSPS) is 19.9. The van der Waals surface area contributed by atoms with Crippen LogP contribution in [-0.4, -0.2) is 33.7 Å². The molecule has 0 radical (unpaired) electrons. The lowest BCUT2D eigenvalue weighted by Gasteiger charge is -2.14. The summed E-state index contributed by atoms with van der Waals surface area (Å²) in [6, 6.07) is 9.89.